The lowest BCUT2D eigenvalue weighted by Gasteiger charge is -2.30. The molecule has 0 aromatic carbocycles. The van der Waals surface area contributed by atoms with Crippen LogP contribution in [0.2, 0.25) is 0 Å². The zero-order chi connectivity index (χ0) is 14.6. The van der Waals surface area contributed by atoms with E-state index in [1.807, 2.05) is 25.7 Å². The molecule has 19 heavy (non-hydrogen) atoms. The van der Waals surface area contributed by atoms with E-state index >= 15 is 0 Å². The molecule has 1 aromatic rings. The Labute approximate surface area is 113 Å². The van der Waals surface area contributed by atoms with Crippen LogP contribution >= 0.6 is 0 Å². The maximum atomic E-state index is 12.0. The highest BCUT2D eigenvalue weighted by atomic mass is 16.5. The lowest BCUT2D eigenvalue weighted by atomic mass is 9.93. The van der Waals surface area contributed by atoms with E-state index in [1.165, 1.54) is 6.07 Å². The van der Waals surface area contributed by atoms with Crippen LogP contribution in [0.4, 0.5) is 0 Å². The van der Waals surface area contributed by atoms with Crippen molar-refractivity contribution in [2.45, 2.75) is 27.7 Å². The molecule has 1 heterocycles. The zero-order valence-electron chi connectivity index (χ0n) is 12.1. The molecule has 0 radical (unpaired) electrons. The van der Waals surface area contributed by atoms with Gasteiger partial charge >= 0.3 is 0 Å². The van der Waals surface area contributed by atoms with Gasteiger partial charge in [0.1, 0.15) is 5.76 Å². The topological polar surface area (TPSA) is 81.5 Å². The number of likely N-dealkylation sites (N-methyl/N-ethyl adjacent to an activating group) is 1. The smallest absolute Gasteiger partial charge is 0.290 e. The quantitative estimate of drug-likeness (QED) is 0.822. The van der Waals surface area contributed by atoms with Gasteiger partial charge < -0.3 is 10.3 Å². The van der Waals surface area contributed by atoms with Crippen molar-refractivity contribution in [3.63, 3.8) is 0 Å². The summed E-state index contributed by atoms with van der Waals surface area (Å²) in [4.78, 5) is 25.5. The maximum absolute atomic E-state index is 12.0. The number of hydrogen-bond donors (Lipinski definition) is 1. The van der Waals surface area contributed by atoms with Gasteiger partial charge in [0.25, 0.3) is 11.5 Å². The SMILES string of the molecule is CCN(CC(=O)n1oc(C)cc1=O)CC(C)(C)CN. The Balaban J connectivity index is 2.74. The normalized spacial score (nSPS) is 12.1. The Kier molecular flexibility index (Phi) is 5.08. The van der Waals surface area contributed by atoms with Crippen LogP contribution in [0.3, 0.4) is 0 Å². The predicted molar refractivity (Wildman–Crippen MR) is 73.3 cm³/mol. The second-order valence-corrected chi connectivity index (χ2v) is 5.54. The molecule has 0 saturated carbocycles. The molecule has 1 aromatic heterocycles. The second-order valence-electron chi connectivity index (χ2n) is 5.54. The van der Waals surface area contributed by atoms with Crippen LogP contribution in [0.1, 0.15) is 31.3 Å². The summed E-state index contributed by atoms with van der Waals surface area (Å²) >= 11 is 0. The molecule has 0 aliphatic rings. The molecule has 0 aliphatic heterocycles. The molecule has 108 valence electrons. The fourth-order valence-corrected chi connectivity index (χ4v) is 1.83. The molecule has 0 amide bonds. The van der Waals surface area contributed by atoms with E-state index in [4.69, 9.17) is 10.3 Å². The van der Waals surface area contributed by atoms with E-state index in [-0.39, 0.29) is 17.9 Å². The summed E-state index contributed by atoms with van der Waals surface area (Å²) in [5.74, 6) is 0.0801. The standard InChI is InChI=1S/C13H23N3O3/c1-5-15(9-13(3,4)8-14)7-12(18)16-11(17)6-10(2)19-16/h6H,5,7-9,14H2,1-4H3. The van der Waals surface area contributed by atoms with Crippen molar-refractivity contribution in [1.82, 2.24) is 9.64 Å². The van der Waals surface area contributed by atoms with Gasteiger partial charge in [-0.05, 0) is 25.4 Å². The molecule has 2 N–H and O–H groups in total. The monoisotopic (exact) mass is 269 g/mol. The molecule has 0 spiro atoms. The van der Waals surface area contributed by atoms with Crippen LogP contribution in [0.15, 0.2) is 15.4 Å². The minimum Gasteiger partial charge on any atom is -0.373 e. The van der Waals surface area contributed by atoms with Gasteiger partial charge in [0.2, 0.25) is 0 Å². The molecular weight excluding hydrogens is 246 g/mol. The number of nitrogens with zero attached hydrogens (tertiary/aromatic N) is 2. The summed E-state index contributed by atoms with van der Waals surface area (Å²) in [6.45, 7) is 9.79. The molecule has 0 aliphatic carbocycles. The largest absolute Gasteiger partial charge is 0.373 e. The van der Waals surface area contributed by atoms with Gasteiger partial charge in [-0.25, -0.2) is 0 Å². The summed E-state index contributed by atoms with van der Waals surface area (Å²) in [5.41, 5.74) is 5.20. The highest BCUT2D eigenvalue weighted by Gasteiger charge is 2.22. The van der Waals surface area contributed by atoms with Crippen LogP contribution < -0.4 is 11.3 Å². The van der Waals surface area contributed by atoms with Crippen LogP contribution in [-0.4, -0.2) is 41.7 Å². The first-order chi connectivity index (χ1) is 8.79. The molecular formula is C13H23N3O3. The van der Waals surface area contributed by atoms with Crippen molar-refractivity contribution in [3.05, 3.63) is 22.2 Å². The summed E-state index contributed by atoms with van der Waals surface area (Å²) in [6, 6.07) is 1.30. The van der Waals surface area contributed by atoms with Gasteiger partial charge in [-0.1, -0.05) is 20.8 Å². The average Bonchev–Trinajstić information content (AvgIpc) is 2.67. The molecule has 6 heteroatoms. The Morgan fingerprint density at radius 1 is 1.53 bits per heavy atom. The Morgan fingerprint density at radius 3 is 2.58 bits per heavy atom. The summed E-state index contributed by atoms with van der Waals surface area (Å²) in [6.07, 6.45) is 0. The van der Waals surface area contributed by atoms with Gasteiger partial charge in [0, 0.05) is 12.6 Å². The van der Waals surface area contributed by atoms with Gasteiger partial charge in [0.15, 0.2) is 0 Å². The van der Waals surface area contributed by atoms with Gasteiger partial charge in [-0.15, -0.1) is 4.74 Å². The second kappa shape index (κ2) is 6.16. The molecule has 0 unspecified atom stereocenters. The van der Waals surface area contributed by atoms with Crippen molar-refractivity contribution in [1.29, 1.82) is 0 Å². The van der Waals surface area contributed by atoms with Crippen molar-refractivity contribution in [3.8, 4) is 0 Å². The van der Waals surface area contributed by atoms with Crippen molar-refractivity contribution in [2.24, 2.45) is 11.1 Å². The number of carbonyl (C=O) groups is 1. The molecule has 1 rings (SSSR count). The number of aryl methyl sites for hydroxylation is 1. The highest BCUT2D eigenvalue weighted by molar-refractivity contribution is 5.79. The van der Waals surface area contributed by atoms with Crippen LogP contribution in [0, 0.1) is 12.3 Å². The molecule has 0 saturated heterocycles. The first-order valence-electron chi connectivity index (χ1n) is 6.44. The van der Waals surface area contributed by atoms with Gasteiger partial charge in [0.05, 0.1) is 6.54 Å². The van der Waals surface area contributed by atoms with E-state index in [9.17, 15) is 9.59 Å². The third-order valence-corrected chi connectivity index (χ3v) is 3.00. The predicted octanol–water partition coefficient (Wildman–Crippen LogP) is 0.697. The molecule has 0 bridgehead atoms. The van der Waals surface area contributed by atoms with Crippen LogP contribution in [-0.2, 0) is 0 Å². The average molecular weight is 269 g/mol. The number of hydrogen-bond acceptors (Lipinski definition) is 5. The maximum Gasteiger partial charge on any atom is 0.290 e. The number of aromatic nitrogens is 1. The first-order valence-corrected chi connectivity index (χ1v) is 6.44. The summed E-state index contributed by atoms with van der Waals surface area (Å²) < 4.78 is 5.89. The van der Waals surface area contributed by atoms with E-state index in [0.717, 1.165) is 4.74 Å². The molecule has 0 atom stereocenters. The van der Waals surface area contributed by atoms with Gasteiger partial charge in [-0.3, -0.25) is 14.5 Å². The zero-order valence-corrected chi connectivity index (χ0v) is 12.1. The van der Waals surface area contributed by atoms with E-state index in [1.54, 1.807) is 6.92 Å². The van der Waals surface area contributed by atoms with Crippen molar-refractivity contribution >= 4 is 5.91 Å². The minimum atomic E-state index is -0.420. The highest BCUT2D eigenvalue weighted by Crippen LogP contribution is 2.14. The van der Waals surface area contributed by atoms with E-state index < -0.39 is 5.56 Å². The fourth-order valence-electron chi connectivity index (χ4n) is 1.83. The minimum absolute atomic E-state index is 0.0691. The van der Waals surface area contributed by atoms with Crippen molar-refractivity contribution < 1.29 is 9.32 Å². The van der Waals surface area contributed by atoms with E-state index in [2.05, 4.69) is 0 Å². The Morgan fingerprint density at radius 2 is 2.16 bits per heavy atom. The number of rotatable bonds is 6. The van der Waals surface area contributed by atoms with E-state index in [0.29, 0.717) is 25.4 Å². The Bertz CT molecular complexity index is 488. The molecule has 0 fully saturated rings. The Hall–Kier alpha value is -1.40. The molecule has 6 nitrogen and oxygen atoms in total. The summed E-state index contributed by atoms with van der Waals surface area (Å²) in [5, 5.41) is 0. The number of carbonyl (C=O) groups excluding carboxylic acids is 1. The first kappa shape index (κ1) is 15.7. The lowest BCUT2D eigenvalue weighted by Crippen LogP contribution is -2.42. The fraction of sp³-hybridized carbons (Fsp3) is 0.692. The third kappa shape index (κ3) is 4.33. The van der Waals surface area contributed by atoms with Crippen molar-refractivity contribution in [2.75, 3.05) is 26.2 Å². The number of nitrogens with two attached hydrogens (primary N) is 1. The summed E-state index contributed by atoms with van der Waals surface area (Å²) in [7, 11) is 0. The third-order valence-electron chi connectivity index (χ3n) is 3.00. The van der Waals surface area contributed by atoms with Crippen LogP contribution in [0.5, 0.6) is 0 Å². The lowest BCUT2D eigenvalue weighted by molar-refractivity contribution is 0.0690. The van der Waals surface area contributed by atoms with Crippen LogP contribution in [0.25, 0.3) is 0 Å². The van der Waals surface area contributed by atoms with Gasteiger partial charge in [-0.2, -0.15) is 0 Å².